The van der Waals surface area contributed by atoms with E-state index in [1.165, 1.54) is 22.9 Å². The third-order valence-corrected chi connectivity index (χ3v) is 5.14. The number of amides is 1. The van der Waals surface area contributed by atoms with Gasteiger partial charge in [-0.25, -0.2) is 4.98 Å². The van der Waals surface area contributed by atoms with Gasteiger partial charge in [-0.1, -0.05) is 17.8 Å². The second-order valence-electron chi connectivity index (χ2n) is 6.77. The number of hydrogen-bond donors (Lipinski definition) is 0. The minimum absolute atomic E-state index is 0.0926. The first-order valence-corrected chi connectivity index (χ1v) is 9.59. The van der Waals surface area contributed by atoms with Gasteiger partial charge in [0.25, 0.3) is 0 Å². The maximum Gasteiger partial charge on any atom is 0.233 e. The molecule has 0 unspecified atom stereocenters. The first-order chi connectivity index (χ1) is 11.9. The molecule has 1 aliphatic heterocycles. The summed E-state index contributed by atoms with van der Waals surface area (Å²) < 4.78 is 7.74. The Bertz CT molecular complexity index is 729. The van der Waals surface area contributed by atoms with E-state index in [0.29, 0.717) is 18.8 Å². The Balaban J connectivity index is 1.68. The molecule has 2 heterocycles. The highest BCUT2D eigenvalue weighted by Gasteiger charge is 2.26. The topological polar surface area (TPSA) is 47.4 Å². The number of ether oxygens (including phenoxy) is 1. The highest BCUT2D eigenvalue weighted by Crippen LogP contribution is 2.23. The fourth-order valence-corrected chi connectivity index (χ4v) is 4.16. The van der Waals surface area contributed by atoms with Gasteiger partial charge in [0, 0.05) is 31.2 Å². The second kappa shape index (κ2) is 7.62. The first kappa shape index (κ1) is 18.0. The van der Waals surface area contributed by atoms with E-state index in [0.717, 1.165) is 10.8 Å². The lowest BCUT2D eigenvalue weighted by molar-refractivity contribution is -0.140. The van der Waals surface area contributed by atoms with Gasteiger partial charge in [0.15, 0.2) is 5.16 Å². The minimum atomic E-state index is 0.0926. The number of nitrogens with zero attached hydrogens (tertiary/aromatic N) is 3. The Hall–Kier alpha value is -1.79. The van der Waals surface area contributed by atoms with Crippen LogP contribution in [-0.2, 0) is 9.53 Å². The minimum Gasteiger partial charge on any atom is -0.372 e. The molecule has 0 bridgehead atoms. The van der Waals surface area contributed by atoms with Crippen LogP contribution in [0.2, 0.25) is 0 Å². The van der Waals surface area contributed by atoms with Crippen LogP contribution in [0.3, 0.4) is 0 Å². The van der Waals surface area contributed by atoms with Crippen molar-refractivity contribution in [2.45, 2.75) is 45.1 Å². The predicted octanol–water partition coefficient (Wildman–Crippen LogP) is 3.22. The summed E-state index contributed by atoms with van der Waals surface area (Å²) in [5.41, 5.74) is 3.51. The van der Waals surface area contributed by atoms with E-state index < -0.39 is 0 Å². The van der Waals surface area contributed by atoms with Crippen molar-refractivity contribution in [3.05, 3.63) is 41.7 Å². The molecule has 25 heavy (non-hydrogen) atoms. The molecule has 0 N–H and O–H groups in total. The van der Waals surface area contributed by atoms with Gasteiger partial charge in [-0.2, -0.15) is 0 Å². The van der Waals surface area contributed by atoms with Crippen LogP contribution in [0, 0.1) is 13.8 Å². The summed E-state index contributed by atoms with van der Waals surface area (Å²) in [5, 5.41) is 0.840. The van der Waals surface area contributed by atoms with Crippen LogP contribution in [0.5, 0.6) is 0 Å². The Morgan fingerprint density at radius 1 is 1.20 bits per heavy atom. The van der Waals surface area contributed by atoms with E-state index in [4.69, 9.17) is 4.74 Å². The van der Waals surface area contributed by atoms with E-state index in [1.54, 1.807) is 6.20 Å². The van der Waals surface area contributed by atoms with Crippen molar-refractivity contribution in [2.75, 3.05) is 18.8 Å². The van der Waals surface area contributed by atoms with Crippen LogP contribution in [-0.4, -0.2) is 51.4 Å². The normalized spacial score (nSPS) is 20.7. The van der Waals surface area contributed by atoms with Gasteiger partial charge in [-0.05, 0) is 51.0 Å². The van der Waals surface area contributed by atoms with Crippen LogP contribution in [0.1, 0.15) is 25.0 Å². The number of hydrogen-bond acceptors (Lipinski definition) is 4. The molecule has 6 heteroatoms. The number of benzene rings is 1. The van der Waals surface area contributed by atoms with Crippen molar-refractivity contribution in [3.63, 3.8) is 0 Å². The molecule has 0 aliphatic carbocycles. The average molecular weight is 359 g/mol. The summed E-state index contributed by atoms with van der Waals surface area (Å²) >= 11 is 1.48. The number of aromatic nitrogens is 2. The molecule has 5 nitrogen and oxygen atoms in total. The summed E-state index contributed by atoms with van der Waals surface area (Å²) in [6, 6.07) is 6.41. The molecule has 2 atom stereocenters. The Morgan fingerprint density at radius 2 is 1.84 bits per heavy atom. The smallest absolute Gasteiger partial charge is 0.233 e. The molecule has 1 amide bonds. The largest absolute Gasteiger partial charge is 0.372 e. The Labute approximate surface area is 153 Å². The lowest BCUT2D eigenvalue weighted by atomic mass is 10.1. The molecule has 2 aromatic rings. The summed E-state index contributed by atoms with van der Waals surface area (Å²) in [6.45, 7) is 9.52. The maximum absolute atomic E-state index is 12.6. The van der Waals surface area contributed by atoms with E-state index in [-0.39, 0.29) is 18.1 Å². The van der Waals surface area contributed by atoms with Crippen LogP contribution in [0.15, 0.2) is 35.7 Å². The Morgan fingerprint density at radius 3 is 2.48 bits per heavy atom. The molecule has 0 spiro atoms. The predicted molar refractivity (Wildman–Crippen MR) is 100 cm³/mol. The van der Waals surface area contributed by atoms with Crippen LogP contribution in [0.25, 0.3) is 5.69 Å². The third-order valence-electron chi connectivity index (χ3n) is 4.19. The molecule has 0 saturated carbocycles. The van der Waals surface area contributed by atoms with E-state index in [2.05, 4.69) is 37.0 Å². The molecule has 1 saturated heterocycles. The molecule has 1 aromatic carbocycles. The van der Waals surface area contributed by atoms with Gasteiger partial charge >= 0.3 is 0 Å². The summed E-state index contributed by atoms with van der Waals surface area (Å²) in [4.78, 5) is 18.9. The molecule has 0 radical (unpaired) electrons. The van der Waals surface area contributed by atoms with Crippen LogP contribution < -0.4 is 0 Å². The molecular weight excluding hydrogens is 334 g/mol. The average Bonchev–Trinajstić information content (AvgIpc) is 2.99. The molecule has 134 valence electrons. The number of rotatable bonds is 4. The summed E-state index contributed by atoms with van der Waals surface area (Å²) in [7, 11) is 0. The maximum atomic E-state index is 12.6. The Kier molecular flexibility index (Phi) is 5.49. The van der Waals surface area contributed by atoms with Gasteiger partial charge in [-0.15, -0.1) is 0 Å². The first-order valence-electron chi connectivity index (χ1n) is 8.60. The highest BCUT2D eigenvalue weighted by molar-refractivity contribution is 7.99. The zero-order valence-electron chi connectivity index (χ0n) is 15.2. The zero-order chi connectivity index (χ0) is 18.0. The lowest BCUT2D eigenvalue weighted by Gasteiger charge is -2.35. The second-order valence-corrected chi connectivity index (χ2v) is 7.71. The summed E-state index contributed by atoms with van der Waals surface area (Å²) in [5.74, 6) is 0.531. The van der Waals surface area contributed by atoms with Gasteiger partial charge < -0.3 is 9.64 Å². The fraction of sp³-hybridized carbons (Fsp3) is 0.474. The van der Waals surface area contributed by atoms with Crippen molar-refractivity contribution in [1.82, 2.24) is 14.5 Å². The van der Waals surface area contributed by atoms with E-state index in [9.17, 15) is 4.79 Å². The van der Waals surface area contributed by atoms with Crippen molar-refractivity contribution < 1.29 is 9.53 Å². The van der Waals surface area contributed by atoms with Gasteiger partial charge in [0.2, 0.25) is 5.91 Å². The number of carbonyl (C=O) groups is 1. The van der Waals surface area contributed by atoms with Crippen molar-refractivity contribution >= 4 is 17.7 Å². The molecule has 1 aromatic heterocycles. The zero-order valence-corrected chi connectivity index (χ0v) is 16.0. The van der Waals surface area contributed by atoms with Crippen LogP contribution in [0.4, 0.5) is 0 Å². The number of thioether (sulfide) groups is 1. The quantitative estimate of drug-likeness (QED) is 0.787. The van der Waals surface area contributed by atoms with Gasteiger partial charge in [0.1, 0.15) is 0 Å². The number of aryl methyl sites for hydroxylation is 2. The highest BCUT2D eigenvalue weighted by atomic mass is 32.2. The van der Waals surface area contributed by atoms with E-state index >= 15 is 0 Å². The van der Waals surface area contributed by atoms with E-state index in [1.807, 2.05) is 29.5 Å². The lowest BCUT2D eigenvalue weighted by Crippen LogP contribution is -2.48. The molecule has 1 aliphatic rings. The van der Waals surface area contributed by atoms with Crippen molar-refractivity contribution in [2.24, 2.45) is 0 Å². The molecule has 3 rings (SSSR count). The van der Waals surface area contributed by atoms with Gasteiger partial charge in [0.05, 0.1) is 18.0 Å². The fourth-order valence-electron chi connectivity index (χ4n) is 3.28. The van der Waals surface area contributed by atoms with Crippen molar-refractivity contribution in [3.8, 4) is 5.69 Å². The standard InChI is InChI=1S/C19H25N3O2S/c1-13-7-14(2)9-17(8-13)22-6-5-20-19(22)25-12-18(23)21-10-15(3)24-16(4)11-21/h5-9,15-16H,10-12H2,1-4H3/t15-,16-/m1/s1. The van der Waals surface area contributed by atoms with Gasteiger partial charge in [-0.3, -0.25) is 9.36 Å². The molecular formula is C19H25N3O2S. The number of carbonyl (C=O) groups excluding carboxylic acids is 1. The van der Waals surface area contributed by atoms with Crippen molar-refractivity contribution in [1.29, 1.82) is 0 Å². The molecule has 1 fully saturated rings. The number of morpholine rings is 1. The van der Waals surface area contributed by atoms with Crippen LogP contribution >= 0.6 is 11.8 Å². The summed E-state index contributed by atoms with van der Waals surface area (Å²) in [6.07, 6.45) is 3.91. The monoisotopic (exact) mass is 359 g/mol. The number of imidazole rings is 1. The third kappa shape index (κ3) is 4.44. The SMILES string of the molecule is Cc1cc(C)cc(-n2ccnc2SCC(=O)N2C[C@@H](C)O[C@H](C)C2)c1.